The summed E-state index contributed by atoms with van der Waals surface area (Å²) in [5.41, 5.74) is 0.586. The van der Waals surface area contributed by atoms with E-state index in [2.05, 4.69) is 0 Å². The summed E-state index contributed by atoms with van der Waals surface area (Å²) in [4.78, 5) is 12.6. The van der Waals surface area contributed by atoms with Crippen molar-refractivity contribution >= 4 is 17.4 Å². The van der Waals surface area contributed by atoms with Crippen LogP contribution < -0.4 is 9.47 Å². The van der Waals surface area contributed by atoms with E-state index in [-0.39, 0.29) is 11.7 Å². The van der Waals surface area contributed by atoms with Crippen molar-refractivity contribution in [2.75, 3.05) is 13.2 Å². The zero-order chi connectivity index (χ0) is 13.9. The van der Waals surface area contributed by atoms with Crippen molar-refractivity contribution in [3.8, 4) is 11.5 Å². The Labute approximate surface area is 124 Å². The van der Waals surface area contributed by atoms with Gasteiger partial charge in [0.1, 0.15) is 0 Å². The Hall–Kier alpha value is -1.22. The molecule has 0 unspecified atom stereocenters. The second-order valence-electron chi connectivity index (χ2n) is 5.53. The van der Waals surface area contributed by atoms with Gasteiger partial charge < -0.3 is 9.47 Å². The lowest BCUT2D eigenvalue weighted by Gasteiger charge is -2.21. The lowest BCUT2D eigenvalue weighted by atomic mass is 9.84. The maximum absolute atomic E-state index is 12.6. The molecule has 0 bridgehead atoms. The first-order valence-corrected chi connectivity index (χ1v) is 7.77. The summed E-state index contributed by atoms with van der Waals surface area (Å²) < 4.78 is 11.2. The summed E-state index contributed by atoms with van der Waals surface area (Å²) in [6.07, 6.45) is 6.31. The fraction of sp³-hybridized carbons (Fsp3) is 0.562. The van der Waals surface area contributed by atoms with Gasteiger partial charge in [-0.3, -0.25) is 4.79 Å². The number of carbonyl (C=O) groups excluding carboxylic acids is 1. The van der Waals surface area contributed by atoms with E-state index in [1.165, 1.54) is 6.42 Å². The standard InChI is InChI=1S/C16H19ClO3/c17-13-10-15-14(19-7-4-8-20-15)9-12(13)16(18)11-5-2-1-3-6-11/h9-11H,1-8H2. The Morgan fingerprint density at radius 3 is 2.35 bits per heavy atom. The molecule has 3 rings (SSSR count). The molecule has 0 spiro atoms. The van der Waals surface area contributed by atoms with Crippen LogP contribution in [0.3, 0.4) is 0 Å². The number of fused-ring (bicyclic) bond motifs is 1. The smallest absolute Gasteiger partial charge is 0.167 e. The van der Waals surface area contributed by atoms with Crippen molar-refractivity contribution in [3.05, 3.63) is 22.7 Å². The highest BCUT2D eigenvalue weighted by Gasteiger charge is 2.26. The predicted molar refractivity (Wildman–Crippen MR) is 78.0 cm³/mol. The Kier molecular flexibility index (Phi) is 4.16. The number of halogens is 1. The highest BCUT2D eigenvalue weighted by molar-refractivity contribution is 6.34. The number of rotatable bonds is 2. The van der Waals surface area contributed by atoms with E-state index >= 15 is 0 Å². The molecule has 1 saturated carbocycles. The van der Waals surface area contributed by atoms with Crippen LogP contribution >= 0.6 is 11.6 Å². The molecular formula is C16H19ClO3. The second kappa shape index (κ2) is 6.04. The molecule has 1 aliphatic carbocycles. The maximum Gasteiger partial charge on any atom is 0.167 e. The number of hydrogen-bond acceptors (Lipinski definition) is 3. The third-order valence-corrected chi connectivity index (χ3v) is 4.39. The second-order valence-corrected chi connectivity index (χ2v) is 5.94. The molecule has 0 radical (unpaired) electrons. The Balaban J connectivity index is 1.88. The zero-order valence-electron chi connectivity index (χ0n) is 11.5. The maximum atomic E-state index is 12.6. The van der Waals surface area contributed by atoms with E-state index in [0.29, 0.717) is 35.3 Å². The Bertz CT molecular complexity index is 507. The number of benzene rings is 1. The largest absolute Gasteiger partial charge is 0.490 e. The summed E-state index contributed by atoms with van der Waals surface area (Å²) in [6, 6.07) is 3.48. The van der Waals surface area contributed by atoms with E-state index in [0.717, 1.165) is 32.1 Å². The lowest BCUT2D eigenvalue weighted by Crippen LogP contribution is -2.18. The molecule has 0 saturated heterocycles. The van der Waals surface area contributed by atoms with Crippen LogP contribution in [0.1, 0.15) is 48.9 Å². The average Bonchev–Trinajstić information content (AvgIpc) is 2.71. The number of carbonyl (C=O) groups is 1. The van der Waals surface area contributed by atoms with Crippen molar-refractivity contribution in [2.45, 2.75) is 38.5 Å². The van der Waals surface area contributed by atoms with E-state index in [1.807, 2.05) is 0 Å². The van der Waals surface area contributed by atoms with Crippen LogP contribution in [0.4, 0.5) is 0 Å². The van der Waals surface area contributed by atoms with Crippen LogP contribution in [-0.2, 0) is 0 Å². The van der Waals surface area contributed by atoms with Crippen LogP contribution in [-0.4, -0.2) is 19.0 Å². The van der Waals surface area contributed by atoms with Crippen LogP contribution in [0.25, 0.3) is 0 Å². The number of ether oxygens (including phenoxy) is 2. The molecule has 1 aromatic carbocycles. The van der Waals surface area contributed by atoms with Crippen LogP contribution in [0.5, 0.6) is 11.5 Å². The molecular weight excluding hydrogens is 276 g/mol. The summed E-state index contributed by atoms with van der Waals surface area (Å²) in [7, 11) is 0. The molecule has 0 atom stereocenters. The van der Waals surface area contributed by atoms with E-state index in [1.54, 1.807) is 12.1 Å². The van der Waals surface area contributed by atoms with Gasteiger partial charge in [0.05, 0.1) is 18.2 Å². The molecule has 20 heavy (non-hydrogen) atoms. The SMILES string of the molecule is O=C(c1cc2c(cc1Cl)OCCCO2)C1CCCCC1. The molecule has 2 aliphatic rings. The quantitative estimate of drug-likeness (QED) is 0.764. The third kappa shape index (κ3) is 2.78. The molecule has 0 amide bonds. The lowest BCUT2D eigenvalue weighted by molar-refractivity contribution is 0.0889. The molecule has 1 aliphatic heterocycles. The summed E-state index contributed by atoms with van der Waals surface area (Å²) in [5.74, 6) is 1.56. The van der Waals surface area contributed by atoms with Gasteiger partial charge in [0, 0.05) is 24.0 Å². The van der Waals surface area contributed by atoms with Gasteiger partial charge in [-0.15, -0.1) is 0 Å². The molecule has 0 aromatic heterocycles. The van der Waals surface area contributed by atoms with Gasteiger partial charge in [-0.1, -0.05) is 30.9 Å². The Morgan fingerprint density at radius 1 is 1.00 bits per heavy atom. The highest BCUT2D eigenvalue weighted by atomic mass is 35.5. The van der Waals surface area contributed by atoms with Crippen molar-refractivity contribution in [1.29, 1.82) is 0 Å². The molecule has 108 valence electrons. The first-order valence-electron chi connectivity index (χ1n) is 7.39. The number of hydrogen-bond donors (Lipinski definition) is 0. The van der Waals surface area contributed by atoms with Gasteiger partial charge >= 0.3 is 0 Å². The van der Waals surface area contributed by atoms with Crippen molar-refractivity contribution in [2.24, 2.45) is 5.92 Å². The van der Waals surface area contributed by atoms with Crippen LogP contribution in [0.15, 0.2) is 12.1 Å². The third-order valence-electron chi connectivity index (χ3n) is 4.08. The van der Waals surface area contributed by atoms with Gasteiger partial charge in [-0.2, -0.15) is 0 Å². The average molecular weight is 295 g/mol. The van der Waals surface area contributed by atoms with Crippen molar-refractivity contribution in [3.63, 3.8) is 0 Å². The van der Waals surface area contributed by atoms with Gasteiger partial charge in [-0.25, -0.2) is 0 Å². The van der Waals surface area contributed by atoms with E-state index < -0.39 is 0 Å². The zero-order valence-corrected chi connectivity index (χ0v) is 12.2. The molecule has 0 N–H and O–H groups in total. The van der Waals surface area contributed by atoms with Crippen LogP contribution in [0.2, 0.25) is 5.02 Å². The van der Waals surface area contributed by atoms with E-state index in [9.17, 15) is 4.79 Å². The minimum absolute atomic E-state index is 0.117. The molecule has 1 fully saturated rings. The van der Waals surface area contributed by atoms with Crippen molar-refractivity contribution < 1.29 is 14.3 Å². The normalized spacial score (nSPS) is 19.4. The van der Waals surface area contributed by atoms with E-state index in [4.69, 9.17) is 21.1 Å². The summed E-state index contributed by atoms with van der Waals surface area (Å²) in [6.45, 7) is 1.24. The minimum atomic E-state index is 0.117. The topological polar surface area (TPSA) is 35.5 Å². The fourth-order valence-electron chi connectivity index (χ4n) is 2.96. The first-order chi connectivity index (χ1) is 9.75. The molecule has 1 heterocycles. The van der Waals surface area contributed by atoms with Crippen LogP contribution in [0, 0.1) is 5.92 Å². The van der Waals surface area contributed by atoms with Gasteiger partial charge in [0.25, 0.3) is 0 Å². The molecule has 1 aromatic rings. The number of Topliss-reactive ketones (excluding diaryl/α,β-unsaturated/α-hetero) is 1. The van der Waals surface area contributed by atoms with Gasteiger partial charge in [0.2, 0.25) is 0 Å². The highest BCUT2D eigenvalue weighted by Crippen LogP contribution is 2.37. The van der Waals surface area contributed by atoms with Gasteiger partial charge in [0.15, 0.2) is 17.3 Å². The van der Waals surface area contributed by atoms with Crippen molar-refractivity contribution in [1.82, 2.24) is 0 Å². The summed E-state index contributed by atoms with van der Waals surface area (Å²) in [5, 5.41) is 0.477. The van der Waals surface area contributed by atoms with Gasteiger partial charge in [-0.05, 0) is 18.9 Å². The molecule has 3 nitrogen and oxygen atoms in total. The monoisotopic (exact) mass is 294 g/mol. The summed E-state index contributed by atoms with van der Waals surface area (Å²) >= 11 is 6.27. The minimum Gasteiger partial charge on any atom is -0.490 e. The first kappa shape index (κ1) is 13.7. The molecule has 4 heteroatoms. The Morgan fingerprint density at radius 2 is 1.65 bits per heavy atom. The number of ketones is 1. The predicted octanol–water partition coefficient (Wildman–Crippen LogP) is 4.26. The fourth-order valence-corrected chi connectivity index (χ4v) is 3.20.